The minimum atomic E-state index is -2.10. The lowest BCUT2D eigenvalue weighted by atomic mass is 10.2. The van der Waals surface area contributed by atoms with E-state index in [4.69, 9.17) is 0 Å². The Morgan fingerprint density at radius 3 is 2.52 bits per heavy atom. The zero-order valence-electron chi connectivity index (χ0n) is 12.4. The lowest BCUT2D eigenvalue weighted by molar-refractivity contribution is 0.102. The van der Waals surface area contributed by atoms with Crippen LogP contribution in [0.2, 0.25) is 0 Å². The summed E-state index contributed by atoms with van der Waals surface area (Å²) in [6.07, 6.45) is 4.25. The van der Waals surface area contributed by atoms with Gasteiger partial charge in [0.2, 0.25) is 0 Å². The van der Waals surface area contributed by atoms with Gasteiger partial charge in [0, 0.05) is 23.4 Å². The van der Waals surface area contributed by atoms with Gasteiger partial charge in [-0.05, 0) is 43.2 Å². The van der Waals surface area contributed by atoms with E-state index in [-0.39, 0.29) is 5.56 Å². The number of halogens is 1. The number of nitrogens with one attached hydrogen (secondary N) is 1. The van der Waals surface area contributed by atoms with Gasteiger partial charge in [-0.3, -0.25) is 9.78 Å². The summed E-state index contributed by atoms with van der Waals surface area (Å²) in [4.78, 5) is 15.6. The molecular weight excluding hydrogens is 317 g/mol. The number of carbonyl (C=O) groups excluding carboxylic acids is 1. The van der Waals surface area contributed by atoms with Gasteiger partial charge in [-0.1, -0.05) is 0 Å². The maximum atomic E-state index is 13.1. The van der Waals surface area contributed by atoms with Gasteiger partial charge in [-0.25, -0.2) is 8.60 Å². The van der Waals surface area contributed by atoms with Crippen molar-refractivity contribution in [2.45, 2.75) is 12.8 Å². The highest BCUT2D eigenvalue weighted by molar-refractivity contribution is 7.93. The van der Waals surface area contributed by atoms with Gasteiger partial charge in [0.25, 0.3) is 5.91 Å². The third-order valence-electron chi connectivity index (χ3n) is 3.54. The number of nitrogens with zero attached hydrogens (tertiary/aromatic N) is 2. The quantitative estimate of drug-likeness (QED) is 0.936. The maximum absolute atomic E-state index is 13.1. The Bertz CT molecular complexity index is 831. The zero-order chi connectivity index (χ0) is 16.3. The molecule has 120 valence electrons. The Morgan fingerprint density at radius 2 is 1.87 bits per heavy atom. The van der Waals surface area contributed by atoms with Crippen LogP contribution in [-0.4, -0.2) is 26.6 Å². The van der Waals surface area contributed by atoms with Crippen LogP contribution in [0.5, 0.6) is 0 Å². The van der Waals surface area contributed by atoms with Crippen molar-refractivity contribution in [3.63, 3.8) is 0 Å². The third kappa shape index (κ3) is 3.92. The van der Waals surface area contributed by atoms with Crippen molar-refractivity contribution >= 4 is 27.0 Å². The molecule has 0 bridgehead atoms. The number of hydrogen-bond donors (Lipinski definition) is 1. The van der Waals surface area contributed by atoms with Crippen molar-refractivity contribution in [1.82, 2.24) is 4.98 Å². The monoisotopic (exact) mass is 333 g/mol. The summed E-state index contributed by atoms with van der Waals surface area (Å²) >= 11 is 0. The van der Waals surface area contributed by atoms with E-state index in [2.05, 4.69) is 14.7 Å². The van der Waals surface area contributed by atoms with Gasteiger partial charge in [0.05, 0.1) is 27.2 Å². The van der Waals surface area contributed by atoms with E-state index in [0.29, 0.717) is 22.9 Å². The molecule has 0 radical (unpaired) electrons. The van der Waals surface area contributed by atoms with Crippen molar-refractivity contribution < 1.29 is 13.4 Å². The highest BCUT2D eigenvalue weighted by Gasteiger charge is 2.16. The highest BCUT2D eigenvalue weighted by Crippen LogP contribution is 2.22. The van der Waals surface area contributed by atoms with E-state index in [1.807, 2.05) is 0 Å². The first kappa shape index (κ1) is 15.6. The fourth-order valence-electron chi connectivity index (χ4n) is 2.39. The Kier molecular flexibility index (Phi) is 4.38. The summed E-state index contributed by atoms with van der Waals surface area (Å²) in [6, 6.07) is 7.91. The summed E-state index contributed by atoms with van der Waals surface area (Å²) in [6.45, 7) is 0. The number of anilines is 1. The van der Waals surface area contributed by atoms with Crippen LogP contribution in [-0.2, 0) is 9.73 Å². The van der Waals surface area contributed by atoms with Gasteiger partial charge in [-0.2, -0.15) is 4.36 Å². The predicted molar refractivity (Wildman–Crippen MR) is 87.8 cm³/mol. The second kappa shape index (κ2) is 6.45. The number of hydrogen-bond acceptors (Lipinski definition) is 4. The van der Waals surface area contributed by atoms with E-state index >= 15 is 0 Å². The first-order valence-corrected chi connectivity index (χ1v) is 9.14. The van der Waals surface area contributed by atoms with Gasteiger partial charge < -0.3 is 5.32 Å². The normalized spacial score (nSPS) is 16.0. The molecule has 5 nitrogen and oxygen atoms in total. The van der Waals surface area contributed by atoms with E-state index in [1.165, 1.54) is 6.20 Å². The molecule has 1 fully saturated rings. The molecule has 1 aliphatic rings. The molecular formula is C16H16FN3O2S. The van der Waals surface area contributed by atoms with Crippen molar-refractivity contribution in [2.24, 2.45) is 4.36 Å². The minimum Gasteiger partial charge on any atom is -0.322 e. The Balaban J connectivity index is 1.73. The number of aromatic nitrogens is 1. The van der Waals surface area contributed by atoms with Crippen molar-refractivity contribution in [1.29, 1.82) is 0 Å². The average molecular weight is 333 g/mol. The summed E-state index contributed by atoms with van der Waals surface area (Å²) in [7, 11) is -2.10. The van der Waals surface area contributed by atoms with Crippen molar-refractivity contribution in [3.8, 4) is 0 Å². The molecule has 7 heteroatoms. The third-order valence-corrected chi connectivity index (χ3v) is 5.94. The Hall–Kier alpha value is -2.28. The lowest BCUT2D eigenvalue weighted by Crippen LogP contribution is -2.12. The largest absolute Gasteiger partial charge is 0.322 e. The number of benzene rings is 1. The molecule has 23 heavy (non-hydrogen) atoms. The van der Waals surface area contributed by atoms with Gasteiger partial charge in [0.1, 0.15) is 5.82 Å². The Labute approximate surface area is 134 Å². The van der Waals surface area contributed by atoms with Crippen LogP contribution >= 0.6 is 0 Å². The molecule has 1 saturated heterocycles. The molecule has 1 amide bonds. The molecule has 2 heterocycles. The van der Waals surface area contributed by atoms with Crippen LogP contribution in [0.15, 0.2) is 47.1 Å². The van der Waals surface area contributed by atoms with Crippen LogP contribution < -0.4 is 5.32 Å². The van der Waals surface area contributed by atoms with Crippen molar-refractivity contribution in [3.05, 3.63) is 54.1 Å². The number of carbonyl (C=O) groups is 1. The van der Waals surface area contributed by atoms with Gasteiger partial charge >= 0.3 is 0 Å². The average Bonchev–Trinajstić information content (AvgIpc) is 2.95. The molecule has 0 saturated carbocycles. The molecule has 3 rings (SSSR count). The minimum absolute atomic E-state index is 0.146. The number of amides is 1. The van der Waals surface area contributed by atoms with Crippen LogP contribution in [0.1, 0.15) is 23.2 Å². The van der Waals surface area contributed by atoms with Gasteiger partial charge in [-0.15, -0.1) is 0 Å². The summed E-state index contributed by atoms with van der Waals surface area (Å²) in [5, 5.41) is 2.66. The van der Waals surface area contributed by atoms with Crippen LogP contribution in [0.4, 0.5) is 15.8 Å². The predicted octanol–water partition coefficient (Wildman–Crippen LogP) is 3.37. The molecule has 0 atom stereocenters. The molecule has 1 aromatic heterocycles. The van der Waals surface area contributed by atoms with E-state index in [1.54, 1.807) is 24.3 Å². The van der Waals surface area contributed by atoms with E-state index in [0.717, 1.165) is 25.1 Å². The topological polar surface area (TPSA) is 71.4 Å². The summed E-state index contributed by atoms with van der Waals surface area (Å²) < 4.78 is 29.8. The molecule has 0 unspecified atom stereocenters. The zero-order valence-corrected chi connectivity index (χ0v) is 13.2. The second-order valence-electron chi connectivity index (χ2n) is 5.37. The highest BCUT2D eigenvalue weighted by atomic mass is 32.2. The van der Waals surface area contributed by atoms with E-state index < -0.39 is 21.5 Å². The number of pyridine rings is 1. The second-order valence-corrected chi connectivity index (χ2v) is 7.92. The molecule has 0 aliphatic carbocycles. The number of rotatable bonds is 3. The smallest absolute Gasteiger partial charge is 0.257 e. The summed E-state index contributed by atoms with van der Waals surface area (Å²) in [5.41, 5.74) is 1.34. The standard InChI is InChI=1S/C16H16FN3O2S/c17-13-9-12(10-18-11-13)16(21)19-14-3-5-15(6-4-14)20-23(22)7-1-2-8-23/h3-6,9-11H,1-2,7-8H2,(H,19,21). The molecule has 2 aromatic rings. The van der Waals surface area contributed by atoms with E-state index in [9.17, 15) is 13.4 Å². The van der Waals surface area contributed by atoms with Crippen LogP contribution in [0.3, 0.4) is 0 Å². The Morgan fingerprint density at radius 1 is 1.17 bits per heavy atom. The molecule has 1 aliphatic heterocycles. The fraction of sp³-hybridized carbons (Fsp3) is 0.250. The lowest BCUT2D eigenvalue weighted by Gasteiger charge is -2.06. The fourth-order valence-corrected chi connectivity index (χ4v) is 4.59. The van der Waals surface area contributed by atoms with Crippen molar-refractivity contribution in [2.75, 3.05) is 16.8 Å². The van der Waals surface area contributed by atoms with Gasteiger partial charge in [0.15, 0.2) is 0 Å². The summed E-state index contributed by atoms with van der Waals surface area (Å²) in [5.74, 6) is 0.298. The van der Waals surface area contributed by atoms with Crippen LogP contribution in [0, 0.1) is 5.82 Å². The van der Waals surface area contributed by atoms with Crippen LogP contribution in [0.25, 0.3) is 0 Å². The first-order chi connectivity index (χ1) is 11.0. The molecule has 0 spiro atoms. The first-order valence-electron chi connectivity index (χ1n) is 7.29. The molecule has 1 N–H and O–H groups in total. The molecule has 1 aromatic carbocycles. The SMILES string of the molecule is O=C(Nc1ccc(N=S2(=O)CCCC2)cc1)c1cncc(F)c1. The maximum Gasteiger partial charge on any atom is 0.257 e.